The first-order chi connectivity index (χ1) is 16.7. The quantitative estimate of drug-likeness (QED) is 0.215. The van der Waals surface area contributed by atoms with Gasteiger partial charge < -0.3 is 19.2 Å². The van der Waals surface area contributed by atoms with Crippen LogP contribution in [-0.2, 0) is 24.2 Å². The molecule has 1 amide bonds. The van der Waals surface area contributed by atoms with Gasteiger partial charge in [-0.05, 0) is 63.3 Å². The summed E-state index contributed by atoms with van der Waals surface area (Å²) in [5, 5.41) is 14.2. The van der Waals surface area contributed by atoms with E-state index in [2.05, 4.69) is 5.32 Å². The number of nitro benzene ring substituents is 1. The number of fused-ring (bicyclic) bond motifs is 1. The number of esters is 1. The second kappa shape index (κ2) is 10.5. The number of nitro groups is 1. The zero-order valence-electron chi connectivity index (χ0n) is 19.1. The maximum atomic E-state index is 12.9. The van der Waals surface area contributed by atoms with Gasteiger partial charge in [0.1, 0.15) is 23.1 Å². The zero-order chi connectivity index (χ0) is 25.1. The number of furan rings is 1. The first-order valence-electron chi connectivity index (χ1n) is 11.0. The second-order valence-electron chi connectivity index (χ2n) is 8.25. The molecule has 0 atom stereocenters. The number of non-ortho nitro benzene ring substituents is 1. The van der Waals surface area contributed by atoms with Crippen LogP contribution in [0.15, 0.2) is 34.7 Å². The molecule has 0 saturated heterocycles. The van der Waals surface area contributed by atoms with E-state index in [1.807, 2.05) is 0 Å². The number of nitrogens with zero attached hydrogens (tertiary/aromatic N) is 1. The molecule has 11 heteroatoms. The van der Waals surface area contributed by atoms with Crippen LogP contribution in [0.4, 0.5) is 10.7 Å². The molecule has 0 aliphatic heterocycles. The molecule has 35 heavy (non-hydrogen) atoms. The number of amides is 1. The van der Waals surface area contributed by atoms with Crippen molar-refractivity contribution in [1.82, 2.24) is 0 Å². The Balaban J connectivity index is 1.46. The number of anilines is 1. The lowest BCUT2D eigenvalue weighted by atomic mass is 9.95. The van der Waals surface area contributed by atoms with Crippen LogP contribution in [0.5, 0.6) is 5.75 Å². The minimum atomic E-state index is -0.551. The van der Waals surface area contributed by atoms with Crippen molar-refractivity contribution < 1.29 is 28.4 Å². The van der Waals surface area contributed by atoms with Crippen molar-refractivity contribution in [2.45, 2.75) is 52.2 Å². The van der Waals surface area contributed by atoms with Crippen LogP contribution in [-0.4, -0.2) is 22.9 Å². The topological polar surface area (TPSA) is 121 Å². The molecular formula is C24H23ClN2O7S. The minimum Gasteiger partial charge on any atom is -0.484 e. The molecule has 0 fully saturated rings. The van der Waals surface area contributed by atoms with E-state index < -0.39 is 16.8 Å². The molecule has 1 aliphatic carbocycles. The Kier molecular flexibility index (Phi) is 7.42. The molecule has 0 radical (unpaired) electrons. The van der Waals surface area contributed by atoms with Gasteiger partial charge in [-0.2, -0.15) is 0 Å². The molecule has 0 bridgehead atoms. The van der Waals surface area contributed by atoms with Gasteiger partial charge in [0.2, 0.25) is 0 Å². The van der Waals surface area contributed by atoms with Gasteiger partial charge in [0.15, 0.2) is 5.76 Å². The van der Waals surface area contributed by atoms with E-state index in [-0.39, 0.29) is 34.9 Å². The van der Waals surface area contributed by atoms with E-state index in [0.717, 1.165) is 36.1 Å². The first-order valence-corrected chi connectivity index (χ1v) is 12.2. The predicted octanol–water partition coefficient (Wildman–Crippen LogP) is 6.18. The van der Waals surface area contributed by atoms with Gasteiger partial charge in [-0.3, -0.25) is 14.9 Å². The van der Waals surface area contributed by atoms with Crippen LogP contribution in [0.1, 0.15) is 63.8 Å². The Morgan fingerprint density at radius 2 is 2.00 bits per heavy atom. The largest absolute Gasteiger partial charge is 0.484 e. The Labute approximate surface area is 210 Å². The summed E-state index contributed by atoms with van der Waals surface area (Å²) < 4.78 is 16.6. The van der Waals surface area contributed by atoms with Gasteiger partial charge in [-0.15, -0.1) is 11.3 Å². The van der Waals surface area contributed by atoms with E-state index in [1.54, 1.807) is 19.9 Å². The van der Waals surface area contributed by atoms with Crippen LogP contribution >= 0.6 is 22.9 Å². The van der Waals surface area contributed by atoms with Crippen molar-refractivity contribution in [3.63, 3.8) is 0 Å². The number of halogens is 1. The number of nitrogens with one attached hydrogen (secondary N) is 1. The van der Waals surface area contributed by atoms with Gasteiger partial charge >= 0.3 is 5.97 Å². The highest BCUT2D eigenvalue weighted by molar-refractivity contribution is 7.17. The number of thiophene rings is 1. The zero-order valence-corrected chi connectivity index (χ0v) is 20.7. The summed E-state index contributed by atoms with van der Waals surface area (Å²) in [6.45, 7) is 3.53. The number of carbonyl (C=O) groups is 2. The van der Waals surface area contributed by atoms with Crippen LogP contribution in [0.25, 0.3) is 0 Å². The molecule has 2 heterocycles. The van der Waals surface area contributed by atoms with Crippen LogP contribution in [0.2, 0.25) is 5.02 Å². The van der Waals surface area contributed by atoms with E-state index >= 15 is 0 Å². The summed E-state index contributed by atoms with van der Waals surface area (Å²) in [5.74, 6) is -0.287. The molecule has 0 saturated carbocycles. The molecule has 9 nitrogen and oxygen atoms in total. The van der Waals surface area contributed by atoms with Gasteiger partial charge in [0, 0.05) is 17.0 Å². The molecule has 1 aromatic carbocycles. The number of ether oxygens (including phenoxy) is 2. The maximum Gasteiger partial charge on any atom is 0.341 e. The number of rotatable bonds is 8. The summed E-state index contributed by atoms with van der Waals surface area (Å²) in [5.41, 5.74) is 1.23. The molecule has 1 N–H and O–H groups in total. The van der Waals surface area contributed by atoms with Gasteiger partial charge in [-0.25, -0.2) is 4.79 Å². The lowest BCUT2D eigenvalue weighted by Crippen LogP contribution is -2.17. The van der Waals surface area contributed by atoms with Gasteiger partial charge in [-0.1, -0.05) is 11.6 Å². The number of aryl methyl sites for hydroxylation is 1. The van der Waals surface area contributed by atoms with Crippen LogP contribution < -0.4 is 10.1 Å². The van der Waals surface area contributed by atoms with Gasteiger partial charge in [0.25, 0.3) is 11.6 Å². The van der Waals surface area contributed by atoms with E-state index in [9.17, 15) is 19.7 Å². The lowest BCUT2D eigenvalue weighted by Gasteiger charge is -2.14. The maximum absolute atomic E-state index is 12.9. The van der Waals surface area contributed by atoms with Crippen molar-refractivity contribution in [1.29, 1.82) is 0 Å². The second-order valence-corrected chi connectivity index (χ2v) is 9.76. The predicted molar refractivity (Wildman–Crippen MR) is 131 cm³/mol. The third-order valence-electron chi connectivity index (χ3n) is 5.33. The minimum absolute atomic E-state index is 0.0376. The standard InChI is InChI=1S/C24H23ClN2O7S/c1-13(2)33-24(29)21-16-5-3-4-6-20(16)35-23(21)26-22(28)19-10-8-15(34-19)12-32-18-9-7-14(27(30)31)11-17(18)25/h7-11,13H,3-6,12H2,1-2H3,(H,26,28). The summed E-state index contributed by atoms with van der Waals surface area (Å²) in [6.07, 6.45) is 3.39. The molecule has 3 aromatic rings. The highest BCUT2D eigenvalue weighted by Gasteiger charge is 2.28. The number of carbonyl (C=O) groups excluding carboxylic acids is 2. The fourth-order valence-corrected chi connectivity index (χ4v) is 5.26. The number of hydrogen-bond acceptors (Lipinski definition) is 8. The fraction of sp³-hybridized carbons (Fsp3) is 0.333. The Hall–Kier alpha value is -3.37. The van der Waals surface area contributed by atoms with Crippen molar-refractivity contribution in [2.75, 3.05) is 5.32 Å². The fourth-order valence-electron chi connectivity index (χ4n) is 3.75. The lowest BCUT2D eigenvalue weighted by molar-refractivity contribution is -0.384. The van der Waals surface area contributed by atoms with Crippen LogP contribution in [0, 0.1) is 10.1 Å². The van der Waals surface area contributed by atoms with E-state index in [4.69, 9.17) is 25.5 Å². The Morgan fingerprint density at radius 3 is 2.71 bits per heavy atom. The molecule has 184 valence electrons. The molecule has 1 aliphatic rings. The number of benzene rings is 1. The smallest absolute Gasteiger partial charge is 0.341 e. The van der Waals surface area contributed by atoms with Gasteiger partial charge in [0.05, 0.1) is 21.6 Å². The van der Waals surface area contributed by atoms with Crippen molar-refractivity contribution in [3.8, 4) is 5.75 Å². The highest BCUT2D eigenvalue weighted by Crippen LogP contribution is 2.39. The summed E-state index contributed by atoms with van der Waals surface area (Å²) >= 11 is 7.44. The molecular weight excluding hydrogens is 496 g/mol. The monoisotopic (exact) mass is 518 g/mol. The third kappa shape index (κ3) is 5.66. The van der Waals surface area contributed by atoms with Crippen molar-refractivity contribution in [3.05, 3.63) is 73.0 Å². The average Bonchev–Trinajstić information content (AvgIpc) is 3.42. The SMILES string of the molecule is CC(C)OC(=O)c1c(NC(=O)c2ccc(COc3ccc([N+](=O)[O-])cc3Cl)o2)sc2c1CCCC2. The molecule has 2 aromatic heterocycles. The van der Waals surface area contributed by atoms with E-state index in [0.29, 0.717) is 16.3 Å². The Bertz CT molecular complexity index is 1280. The molecule has 0 spiro atoms. The highest BCUT2D eigenvalue weighted by atomic mass is 35.5. The van der Waals surface area contributed by atoms with Crippen LogP contribution in [0.3, 0.4) is 0 Å². The summed E-state index contributed by atoms with van der Waals surface area (Å²) in [4.78, 5) is 37.0. The normalized spacial score (nSPS) is 12.8. The van der Waals surface area contributed by atoms with Crippen molar-refractivity contribution in [2.24, 2.45) is 0 Å². The first kappa shape index (κ1) is 24.7. The average molecular weight is 519 g/mol. The van der Waals surface area contributed by atoms with E-state index in [1.165, 1.54) is 35.6 Å². The molecule has 0 unspecified atom stereocenters. The summed E-state index contributed by atoms with van der Waals surface area (Å²) in [7, 11) is 0. The summed E-state index contributed by atoms with van der Waals surface area (Å²) in [6, 6.07) is 6.96. The van der Waals surface area contributed by atoms with Crippen molar-refractivity contribution >= 4 is 45.5 Å². The Morgan fingerprint density at radius 1 is 1.23 bits per heavy atom. The molecule has 4 rings (SSSR count). The number of hydrogen-bond donors (Lipinski definition) is 1. The third-order valence-corrected chi connectivity index (χ3v) is 6.83.